The fraction of sp³-hybridized carbons (Fsp3) is 0. The van der Waals surface area contributed by atoms with E-state index < -0.39 is 5.97 Å². The van der Waals surface area contributed by atoms with E-state index in [0.29, 0.717) is 16.9 Å². The summed E-state index contributed by atoms with van der Waals surface area (Å²) < 4.78 is 20.7. The van der Waals surface area contributed by atoms with Gasteiger partial charge in [0.05, 0.1) is 16.9 Å². The van der Waals surface area contributed by atoms with Crippen molar-refractivity contribution in [2.24, 2.45) is 0 Å². The predicted octanol–water partition coefficient (Wildman–Crippen LogP) is 6.05. The number of ether oxygens (including phenoxy) is 1. The summed E-state index contributed by atoms with van der Waals surface area (Å²) in [5.74, 6) is -0.587. The van der Waals surface area contributed by atoms with E-state index in [1.165, 1.54) is 16.8 Å². The fourth-order valence-electron chi connectivity index (χ4n) is 3.51. The van der Waals surface area contributed by atoms with Gasteiger partial charge in [-0.2, -0.15) is 5.10 Å². The highest BCUT2D eigenvalue weighted by atomic mass is 19.1. The van der Waals surface area contributed by atoms with Crippen LogP contribution in [0.25, 0.3) is 27.7 Å². The molecule has 5 rings (SSSR count). The van der Waals surface area contributed by atoms with Gasteiger partial charge in [-0.25, -0.2) is 13.9 Å². The molecule has 0 aliphatic rings. The van der Waals surface area contributed by atoms with Crippen LogP contribution in [0.4, 0.5) is 4.39 Å². The zero-order valence-corrected chi connectivity index (χ0v) is 16.4. The summed E-state index contributed by atoms with van der Waals surface area (Å²) >= 11 is 0. The van der Waals surface area contributed by atoms with E-state index in [1.807, 2.05) is 66.7 Å². The minimum atomic E-state index is -0.486. The average molecular weight is 408 g/mol. The maximum atomic E-state index is 13.4. The normalized spacial score (nSPS) is 10.9. The molecule has 0 unspecified atom stereocenters. The van der Waals surface area contributed by atoms with Gasteiger partial charge >= 0.3 is 5.97 Å². The van der Waals surface area contributed by atoms with Crippen molar-refractivity contribution in [2.75, 3.05) is 0 Å². The summed E-state index contributed by atoms with van der Waals surface area (Å²) in [6.07, 6.45) is 0. The number of esters is 1. The molecule has 0 saturated heterocycles. The lowest BCUT2D eigenvalue weighted by Gasteiger charge is -2.09. The molecule has 31 heavy (non-hydrogen) atoms. The van der Waals surface area contributed by atoms with E-state index >= 15 is 0 Å². The number of rotatable bonds is 4. The van der Waals surface area contributed by atoms with Gasteiger partial charge in [0, 0.05) is 11.6 Å². The predicted molar refractivity (Wildman–Crippen MR) is 118 cm³/mol. The van der Waals surface area contributed by atoms with E-state index in [2.05, 4.69) is 5.10 Å². The summed E-state index contributed by atoms with van der Waals surface area (Å²) in [5.41, 5.74) is 2.58. The molecule has 150 valence electrons. The highest BCUT2D eigenvalue weighted by molar-refractivity contribution is 6.05. The van der Waals surface area contributed by atoms with Crippen molar-refractivity contribution in [3.8, 4) is 22.8 Å². The Hall–Kier alpha value is -4.25. The Morgan fingerprint density at radius 3 is 2.32 bits per heavy atom. The minimum absolute atomic E-state index is 0.253. The quantitative estimate of drug-likeness (QED) is 0.340. The first kappa shape index (κ1) is 18.8. The zero-order valence-electron chi connectivity index (χ0n) is 16.4. The lowest BCUT2D eigenvalue weighted by Crippen LogP contribution is -2.12. The van der Waals surface area contributed by atoms with E-state index in [4.69, 9.17) is 4.74 Å². The smallest absolute Gasteiger partial charge is 0.345 e. The molecule has 0 radical (unpaired) electrons. The van der Waals surface area contributed by atoms with Crippen LogP contribution < -0.4 is 4.74 Å². The van der Waals surface area contributed by atoms with Crippen LogP contribution in [-0.4, -0.2) is 15.7 Å². The highest BCUT2D eigenvalue weighted by Gasteiger charge is 2.18. The Morgan fingerprint density at radius 1 is 0.806 bits per heavy atom. The Morgan fingerprint density at radius 2 is 1.52 bits per heavy atom. The van der Waals surface area contributed by atoms with Crippen LogP contribution in [0.2, 0.25) is 0 Å². The van der Waals surface area contributed by atoms with E-state index in [0.717, 1.165) is 16.3 Å². The fourth-order valence-corrected chi connectivity index (χ4v) is 3.51. The van der Waals surface area contributed by atoms with Crippen molar-refractivity contribution in [2.45, 2.75) is 0 Å². The summed E-state index contributed by atoms with van der Waals surface area (Å²) in [7, 11) is 0. The number of benzene rings is 4. The molecule has 0 atom stereocenters. The van der Waals surface area contributed by atoms with Gasteiger partial charge in [0.2, 0.25) is 5.88 Å². The molecule has 0 aliphatic carbocycles. The van der Waals surface area contributed by atoms with Gasteiger partial charge in [-0.1, -0.05) is 66.7 Å². The van der Waals surface area contributed by atoms with Crippen LogP contribution in [0.15, 0.2) is 103 Å². The van der Waals surface area contributed by atoms with Gasteiger partial charge in [0.25, 0.3) is 0 Å². The first-order valence-electron chi connectivity index (χ1n) is 9.80. The topological polar surface area (TPSA) is 44.1 Å². The molecule has 4 nitrogen and oxygen atoms in total. The summed E-state index contributed by atoms with van der Waals surface area (Å²) in [6.45, 7) is 0. The monoisotopic (exact) mass is 408 g/mol. The molecular weight excluding hydrogens is 391 g/mol. The van der Waals surface area contributed by atoms with Crippen LogP contribution in [0.5, 0.6) is 5.88 Å². The Labute approximate surface area is 178 Å². The number of aromatic nitrogens is 2. The van der Waals surface area contributed by atoms with E-state index in [1.54, 1.807) is 24.3 Å². The Bertz CT molecular complexity index is 1370. The third kappa shape index (κ3) is 3.69. The number of carbonyl (C=O) groups excluding carboxylic acids is 1. The van der Waals surface area contributed by atoms with Crippen LogP contribution in [0.1, 0.15) is 10.4 Å². The number of hydrogen-bond acceptors (Lipinski definition) is 3. The molecule has 0 N–H and O–H groups in total. The maximum absolute atomic E-state index is 13.4. The number of carbonyl (C=O) groups is 1. The molecule has 0 saturated carbocycles. The van der Waals surface area contributed by atoms with Crippen molar-refractivity contribution >= 4 is 16.7 Å². The van der Waals surface area contributed by atoms with Crippen LogP contribution >= 0.6 is 0 Å². The SMILES string of the molecule is O=C(Oc1cc(-c2ccccc2)nn1-c1ccc(F)cc1)c1cccc2ccccc12. The first-order chi connectivity index (χ1) is 15.2. The second-order valence-corrected chi connectivity index (χ2v) is 7.04. The molecule has 0 aliphatic heterocycles. The molecule has 4 aromatic carbocycles. The van der Waals surface area contributed by atoms with Gasteiger partial charge in [0.1, 0.15) is 5.82 Å². The van der Waals surface area contributed by atoms with Crippen LogP contribution in [-0.2, 0) is 0 Å². The number of nitrogens with zero attached hydrogens (tertiary/aromatic N) is 2. The molecule has 1 heterocycles. The van der Waals surface area contributed by atoms with Gasteiger partial charge in [-0.3, -0.25) is 0 Å². The van der Waals surface area contributed by atoms with Crippen molar-refractivity contribution in [3.63, 3.8) is 0 Å². The Kier molecular flexibility index (Phi) is 4.77. The second kappa shape index (κ2) is 7.88. The van der Waals surface area contributed by atoms with Crippen LogP contribution in [0, 0.1) is 5.82 Å². The third-order valence-corrected chi connectivity index (χ3v) is 5.02. The Balaban J connectivity index is 1.58. The summed E-state index contributed by atoms with van der Waals surface area (Å²) in [5, 5.41) is 6.37. The largest absolute Gasteiger partial charge is 0.404 e. The van der Waals surface area contributed by atoms with Crippen molar-refractivity contribution < 1.29 is 13.9 Å². The number of hydrogen-bond donors (Lipinski definition) is 0. The van der Waals surface area contributed by atoms with Crippen molar-refractivity contribution in [3.05, 3.63) is 115 Å². The molecule has 5 heteroatoms. The summed E-state index contributed by atoms with van der Waals surface area (Å²) in [6, 6.07) is 30.3. The molecule has 0 fully saturated rings. The van der Waals surface area contributed by atoms with Crippen molar-refractivity contribution in [1.29, 1.82) is 0 Å². The van der Waals surface area contributed by atoms with E-state index in [9.17, 15) is 9.18 Å². The summed E-state index contributed by atoms with van der Waals surface area (Å²) in [4.78, 5) is 13.1. The second-order valence-electron chi connectivity index (χ2n) is 7.04. The standard InChI is InChI=1S/C26H17FN2O2/c27-20-13-15-21(16-14-20)29-25(17-24(28-29)19-8-2-1-3-9-19)31-26(30)23-12-6-10-18-7-4-5-11-22(18)23/h1-17H. The first-order valence-corrected chi connectivity index (χ1v) is 9.80. The van der Waals surface area contributed by atoms with Gasteiger partial charge in [0.15, 0.2) is 0 Å². The third-order valence-electron chi connectivity index (χ3n) is 5.02. The van der Waals surface area contributed by atoms with Gasteiger partial charge < -0.3 is 4.74 Å². The average Bonchev–Trinajstić information content (AvgIpc) is 3.23. The maximum Gasteiger partial charge on any atom is 0.345 e. The molecular formula is C26H17FN2O2. The van der Waals surface area contributed by atoms with Gasteiger partial charge in [-0.05, 0) is 41.1 Å². The zero-order chi connectivity index (χ0) is 21.2. The van der Waals surface area contributed by atoms with Gasteiger partial charge in [-0.15, -0.1) is 0 Å². The van der Waals surface area contributed by atoms with Crippen LogP contribution in [0.3, 0.4) is 0 Å². The van der Waals surface area contributed by atoms with Crippen molar-refractivity contribution in [1.82, 2.24) is 9.78 Å². The molecule has 0 spiro atoms. The molecule has 0 amide bonds. The molecule has 5 aromatic rings. The number of fused-ring (bicyclic) bond motifs is 1. The number of halogens is 1. The van der Waals surface area contributed by atoms with E-state index in [-0.39, 0.29) is 11.7 Å². The lowest BCUT2D eigenvalue weighted by atomic mass is 10.1. The molecule has 1 aromatic heterocycles. The molecule has 0 bridgehead atoms. The lowest BCUT2D eigenvalue weighted by molar-refractivity contribution is 0.0725. The minimum Gasteiger partial charge on any atom is -0.404 e. The highest BCUT2D eigenvalue weighted by Crippen LogP contribution is 2.28.